The minimum Gasteiger partial charge on any atom is -0.374 e. The van der Waals surface area contributed by atoms with Gasteiger partial charge in [-0.15, -0.1) is 0 Å². The molecule has 13 heavy (non-hydrogen) atoms. The number of nitrogens with one attached hydrogen (secondary N) is 2. The summed E-state index contributed by atoms with van der Waals surface area (Å²) in [7, 11) is 0. The van der Waals surface area contributed by atoms with Gasteiger partial charge in [-0.25, -0.2) is 0 Å². The second kappa shape index (κ2) is 3.27. The van der Waals surface area contributed by atoms with Crippen LogP contribution in [0.4, 0.5) is 0 Å². The highest BCUT2D eigenvalue weighted by Gasteiger charge is 2.38. The summed E-state index contributed by atoms with van der Waals surface area (Å²) in [5.74, 6) is 0.139. The van der Waals surface area contributed by atoms with E-state index in [-0.39, 0.29) is 11.3 Å². The number of hydrogen-bond donors (Lipinski definition) is 2. The van der Waals surface area contributed by atoms with Crippen LogP contribution >= 0.6 is 0 Å². The van der Waals surface area contributed by atoms with Gasteiger partial charge in [0.05, 0.1) is 18.1 Å². The van der Waals surface area contributed by atoms with Gasteiger partial charge >= 0.3 is 0 Å². The van der Waals surface area contributed by atoms with Crippen molar-refractivity contribution in [3.8, 4) is 0 Å². The maximum absolute atomic E-state index is 11.4. The van der Waals surface area contributed by atoms with Crippen molar-refractivity contribution in [3.05, 3.63) is 0 Å². The quantitative estimate of drug-likeness (QED) is 0.622. The third-order valence-electron chi connectivity index (χ3n) is 2.89. The van der Waals surface area contributed by atoms with Gasteiger partial charge in [0.1, 0.15) is 0 Å². The summed E-state index contributed by atoms with van der Waals surface area (Å²) in [4.78, 5) is 11.4. The van der Waals surface area contributed by atoms with Gasteiger partial charge in [0.2, 0.25) is 5.91 Å². The summed E-state index contributed by atoms with van der Waals surface area (Å²) < 4.78 is 5.61. The van der Waals surface area contributed by atoms with E-state index in [2.05, 4.69) is 10.6 Å². The smallest absolute Gasteiger partial charge is 0.228 e. The molecule has 2 rings (SSSR count). The van der Waals surface area contributed by atoms with Crippen LogP contribution in [0, 0.1) is 5.41 Å². The Bertz CT molecular complexity index is 216. The van der Waals surface area contributed by atoms with Crippen molar-refractivity contribution in [1.82, 2.24) is 10.6 Å². The fraction of sp³-hybridized carbons (Fsp3) is 0.889. The topological polar surface area (TPSA) is 50.4 Å². The lowest BCUT2D eigenvalue weighted by molar-refractivity contribution is -0.131. The maximum atomic E-state index is 11.4. The van der Waals surface area contributed by atoms with Crippen LogP contribution in [0.2, 0.25) is 0 Å². The van der Waals surface area contributed by atoms with Crippen molar-refractivity contribution in [2.45, 2.75) is 19.4 Å². The van der Waals surface area contributed by atoms with E-state index in [1.807, 2.05) is 6.92 Å². The number of ether oxygens (including phenoxy) is 1. The highest BCUT2D eigenvalue weighted by molar-refractivity contribution is 5.84. The molecule has 0 bridgehead atoms. The summed E-state index contributed by atoms with van der Waals surface area (Å²) in [5, 5.41) is 5.97. The molecule has 0 radical (unpaired) electrons. The van der Waals surface area contributed by atoms with Gasteiger partial charge in [-0.2, -0.15) is 0 Å². The highest BCUT2D eigenvalue weighted by Crippen LogP contribution is 2.26. The number of carbonyl (C=O) groups excluding carboxylic acids is 1. The Morgan fingerprint density at radius 3 is 2.85 bits per heavy atom. The van der Waals surface area contributed by atoms with Crippen LogP contribution in [0.5, 0.6) is 0 Å². The lowest BCUT2D eigenvalue weighted by Crippen LogP contribution is -2.50. The molecular formula is C9H16N2O2. The van der Waals surface area contributed by atoms with Gasteiger partial charge in [0.15, 0.2) is 0 Å². The Kier molecular flexibility index (Phi) is 2.26. The van der Waals surface area contributed by atoms with Crippen molar-refractivity contribution in [2.24, 2.45) is 5.41 Å². The molecular weight excluding hydrogens is 168 g/mol. The molecule has 4 heteroatoms. The predicted molar refractivity (Wildman–Crippen MR) is 48.3 cm³/mol. The summed E-state index contributed by atoms with van der Waals surface area (Å²) in [5.41, 5.74) is -0.282. The van der Waals surface area contributed by atoms with Gasteiger partial charge in [-0.1, -0.05) is 0 Å². The molecule has 2 heterocycles. The lowest BCUT2D eigenvalue weighted by Gasteiger charge is -2.30. The molecule has 0 saturated carbocycles. The molecule has 74 valence electrons. The van der Waals surface area contributed by atoms with Crippen LogP contribution < -0.4 is 10.6 Å². The first-order valence-electron chi connectivity index (χ1n) is 4.81. The van der Waals surface area contributed by atoms with Crippen LogP contribution in [-0.2, 0) is 9.53 Å². The van der Waals surface area contributed by atoms with Crippen LogP contribution in [-0.4, -0.2) is 38.3 Å². The molecule has 0 aliphatic carbocycles. The molecule has 2 N–H and O–H groups in total. The Hall–Kier alpha value is -0.610. The Labute approximate surface area is 78.0 Å². The van der Waals surface area contributed by atoms with E-state index >= 15 is 0 Å². The molecule has 0 aromatic rings. The average molecular weight is 184 g/mol. The normalized spacial score (nSPS) is 34.4. The zero-order chi connectivity index (χ0) is 9.31. The van der Waals surface area contributed by atoms with E-state index in [1.165, 1.54) is 0 Å². The number of rotatable bonds is 3. The first-order valence-corrected chi connectivity index (χ1v) is 4.81. The molecule has 4 nitrogen and oxygen atoms in total. The molecule has 2 fully saturated rings. The third kappa shape index (κ3) is 1.69. The van der Waals surface area contributed by atoms with Crippen LogP contribution in [0.25, 0.3) is 0 Å². The van der Waals surface area contributed by atoms with E-state index in [0.29, 0.717) is 12.7 Å². The molecule has 0 aromatic carbocycles. The monoisotopic (exact) mass is 184 g/mol. The minimum absolute atomic E-state index is 0.139. The standard InChI is InChI=1S/C9H16N2O2/c1-9(2-3-11-8(9)12)6-13-7-4-10-5-7/h7,10H,2-6H2,1H3,(H,11,12). The van der Waals surface area contributed by atoms with Crippen molar-refractivity contribution >= 4 is 5.91 Å². The van der Waals surface area contributed by atoms with Gasteiger partial charge < -0.3 is 15.4 Å². The van der Waals surface area contributed by atoms with Crippen LogP contribution in [0.1, 0.15) is 13.3 Å². The van der Waals surface area contributed by atoms with Crippen molar-refractivity contribution in [2.75, 3.05) is 26.2 Å². The maximum Gasteiger partial charge on any atom is 0.228 e. The number of hydrogen-bond acceptors (Lipinski definition) is 3. The molecule has 1 atom stereocenters. The highest BCUT2D eigenvalue weighted by atomic mass is 16.5. The van der Waals surface area contributed by atoms with Crippen molar-refractivity contribution < 1.29 is 9.53 Å². The molecule has 1 amide bonds. The third-order valence-corrected chi connectivity index (χ3v) is 2.89. The summed E-state index contributed by atoms with van der Waals surface area (Å²) >= 11 is 0. The van der Waals surface area contributed by atoms with E-state index in [4.69, 9.17) is 4.74 Å². The summed E-state index contributed by atoms with van der Waals surface area (Å²) in [6.07, 6.45) is 1.22. The first kappa shape index (κ1) is 8.97. The predicted octanol–water partition coefficient (Wildman–Crippen LogP) is -0.499. The minimum atomic E-state index is -0.282. The second-order valence-electron chi connectivity index (χ2n) is 4.16. The molecule has 0 spiro atoms. The lowest BCUT2D eigenvalue weighted by atomic mass is 9.90. The fourth-order valence-electron chi connectivity index (χ4n) is 1.60. The summed E-state index contributed by atoms with van der Waals surface area (Å²) in [6.45, 7) is 5.18. The number of carbonyl (C=O) groups is 1. The zero-order valence-corrected chi connectivity index (χ0v) is 7.93. The van der Waals surface area contributed by atoms with Gasteiger partial charge in [-0.05, 0) is 13.3 Å². The van der Waals surface area contributed by atoms with Crippen molar-refractivity contribution in [1.29, 1.82) is 0 Å². The van der Waals surface area contributed by atoms with E-state index in [9.17, 15) is 4.79 Å². The molecule has 0 aromatic heterocycles. The SMILES string of the molecule is CC1(COC2CNC2)CCNC1=O. The molecule has 2 saturated heterocycles. The average Bonchev–Trinajstić information content (AvgIpc) is 2.30. The van der Waals surface area contributed by atoms with E-state index in [0.717, 1.165) is 26.1 Å². The molecule has 2 aliphatic heterocycles. The van der Waals surface area contributed by atoms with Crippen LogP contribution in [0.3, 0.4) is 0 Å². The van der Waals surface area contributed by atoms with E-state index < -0.39 is 0 Å². The zero-order valence-electron chi connectivity index (χ0n) is 7.93. The van der Waals surface area contributed by atoms with Gasteiger partial charge in [-0.3, -0.25) is 4.79 Å². The number of amides is 1. The van der Waals surface area contributed by atoms with E-state index in [1.54, 1.807) is 0 Å². The first-order chi connectivity index (χ1) is 6.21. The molecule has 1 unspecified atom stereocenters. The Morgan fingerprint density at radius 1 is 1.62 bits per heavy atom. The summed E-state index contributed by atoms with van der Waals surface area (Å²) in [6, 6.07) is 0. The second-order valence-corrected chi connectivity index (χ2v) is 4.16. The van der Waals surface area contributed by atoms with Crippen LogP contribution in [0.15, 0.2) is 0 Å². The van der Waals surface area contributed by atoms with Gasteiger partial charge in [0.25, 0.3) is 0 Å². The van der Waals surface area contributed by atoms with Crippen molar-refractivity contribution in [3.63, 3.8) is 0 Å². The molecule has 2 aliphatic rings. The van der Waals surface area contributed by atoms with Gasteiger partial charge in [0, 0.05) is 19.6 Å². The fourth-order valence-corrected chi connectivity index (χ4v) is 1.60. The Morgan fingerprint density at radius 2 is 2.38 bits per heavy atom. The Balaban J connectivity index is 1.81. The largest absolute Gasteiger partial charge is 0.374 e.